The fourth-order valence-electron chi connectivity index (χ4n) is 1.66. The van der Waals surface area contributed by atoms with Gasteiger partial charge in [0, 0.05) is 11.0 Å². The highest BCUT2D eigenvalue weighted by atomic mass is 79.9. The van der Waals surface area contributed by atoms with Crippen LogP contribution in [0, 0.1) is 0 Å². The van der Waals surface area contributed by atoms with Gasteiger partial charge in [0.25, 0.3) is 0 Å². The third kappa shape index (κ3) is 4.78. The maximum Gasteiger partial charge on any atom is 0.224 e. The first-order valence-electron chi connectivity index (χ1n) is 6.22. The van der Waals surface area contributed by atoms with Crippen molar-refractivity contribution in [3.8, 4) is 0 Å². The van der Waals surface area contributed by atoms with Gasteiger partial charge in [-0.1, -0.05) is 41.9 Å². The third-order valence-corrected chi connectivity index (χ3v) is 3.68. The molecule has 0 unspecified atom stereocenters. The van der Waals surface area contributed by atoms with Crippen LogP contribution in [0.1, 0.15) is 32.3 Å². The van der Waals surface area contributed by atoms with Gasteiger partial charge in [-0.3, -0.25) is 4.79 Å². The van der Waals surface area contributed by atoms with Crippen molar-refractivity contribution in [1.82, 2.24) is 5.32 Å². The smallest absolute Gasteiger partial charge is 0.224 e. The minimum atomic E-state index is -0.785. The van der Waals surface area contributed by atoms with Crippen LogP contribution in [0.5, 0.6) is 0 Å². The van der Waals surface area contributed by atoms with Crippen LogP contribution < -0.4 is 5.32 Å². The van der Waals surface area contributed by atoms with E-state index < -0.39 is 5.60 Å². The number of hydrogen-bond acceptors (Lipinski definition) is 2. The highest BCUT2D eigenvalue weighted by Gasteiger charge is 2.22. The molecule has 0 aliphatic rings. The zero-order valence-electron chi connectivity index (χ0n) is 10.9. The Kier molecular flexibility index (Phi) is 5.82. The normalized spacial score (nSPS) is 11.3. The van der Waals surface area contributed by atoms with E-state index in [0.29, 0.717) is 25.8 Å². The van der Waals surface area contributed by atoms with E-state index in [2.05, 4.69) is 21.2 Å². The lowest BCUT2D eigenvalue weighted by Crippen LogP contribution is -2.42. The second kappa shape index (κ2) is 6.90. The Bertz CT molecular complexity index is 403. The van der Waals surface area contributed by atoms with Gasteiger partial charge < -0.3 is 10.4 Å². The lowest BCUT2D eigenvalue weighted by molar-refractivity contribution is -0.121. The van der Waals surface area contributed by atoms with Gasteiger partial charge in [-0.25, -0.2) is 0 Å². The molecule has 0 radical (unpaired) electrons. The molecule has 0 saturated heterocycles. The molecule has 0 aliphatic heterocycles. The van der Waals surface area contributed by atoms with E-state index in [4.69, 9.17) is 0 Å². The van der Waals surface area contributed by atoms with E-state index in [9.17, 15) is 9.90 Å². The van der Waals surface area contributed by atoms with Gasteiger partial charge in [-0.05, 0) is 30.5 Å². The quantitative estimate of drug-likeness (QED) is 0.848. The Labute approximate surface area is 117 Å². The van der Waals surface area contributed by atoms with Gasteiger partial charge in [-0.15, -0.1) is 0 Å². The monoisotopic (exact) mass is 313 g/mol. The number of halogens is 1. The zero-order valence-corrected chi connectivity index (χ0v) is 12.5. The van der Waals surface area contributed by atoms with Gasteiger partial charge in [0.1, 0.15) is 0 Å². The van der Waals surface area contributed by atoms with E-state index in [-0.39, 0.29) is 5.91 Å². The lowest BCUT2D eigenvalue weighted by atomic mass is 9.97. The maximum absolute atomic E-state index is 11.8. The number of aliphatic hydroxyl groups is 1. The Morgan fingerprint density at radius 2 is 2.06 bits per heavy atom. The summed E-state index contributed by atoms with van der Waals surface area (Å²) in [6.45, 7) is 4.15. The van der Waals surface area contributed by atoms with Crippen LogP contribution in [0.3, 0.4) is 0 Å². The molecule has 1 aromatic carbocycles. The topological polar surface area (TPSA) is 49.3 Å². The maximum atomic E-state index is 11.8. The molecule has 0 aromatic heterocycles. The average molecular weight is 314 g/mol. The SMILES string of the molecule is CCC(O)(CC)CNC(=O)Cc1cccc(Br)c1. The van der Waals surface area contributed by atoms with Crippen molar-refractivity contribution in [1.29, 1.82) is 0 Å². The van der Waals surface area contributed by atoms with E-state index in [0.717, 1.165) is 10.0 Å². The molecule has 1 amide bonds. The van der Waals surface area contributed by atoms with Gasteiger partial charge in [0.15, 0.2) is 0 Å². The van der Waals surface area contributed by atoms with Crippen molar-refractivity contribution in [2.75, 3.05) is 6.54 Å². The van der Waals surface area contributed by atoms with Crippen molar-refractivity contribution in [3.05, 3.63) is 34.3 Å². The molecule has 0 heterocycles. The van der Waals surface area contributed by atoms with Crippen LogP contribution >= 0.6 is 15.9 Å². The van der Waals surface area contributed by atoms with Gasteiger partial charge >= 0.3 is 0 Å². The fraction of sp³-hybridized carbons (Fsp3) is 0.500. The number of carbonyl (C=O) groups excluding carboxylic acids is 1. The van der Waals surface area contributed by atoms with E-state index in [1.165, 1.54) is 0 Å². The number of amides is 1. The summed E-state index contributed by atoms with van der Waals surface area (Å²) in [6, 6.07) is 7.66. The average Bonchev–Trinajstić information content (AvgIpc) is 2.36. The molecule has 2 N–H and O–H groups in total. The molecule has 0 spiro atoms. The van der Waals surface area contributed by atoms with Gasteiger partial charge in [-0.2, -0.15) is 0 Å². The standard InChI is InChI=1S/C14H20BrNO2/c1-3-14(18,4-2)10-16-13(17)9-11-6-5-7-12(15)8-11/h5-8,18H,3-4,9-10H2,1-2H3,(H,16,17). The molecule has 0 saturated carbocycles. The first-order valence-corrected chi connectivity index (χ1v) is 7.02. The van der Waals surface area contributed by atoms with Crippen LogP contribution in [0.2, 0.25) is 0 Å². The second-order valence-electron chi connectivity index (χ2n) is 4.51. The summed E-state index contributed by atoms with van der Waals surface area (Å²) in [4.78, 5) is 11.8. The van der Waals surface area contributed by atoms with Crippen molar-refractivity contribution < 1.29 is 9.90 Å². The van der Waals surface area contributed by atoms with Crippen LogP contribution in [-0.2, 0) is 11.2 Å². The molecule has 1 aromatic rings. The number of benzene rings is 1. The van der Waals surface area contributed by atoms with E-state index >= 15 is 0 Å². The first kappa shape index (κ1) is 15.2. The Morgan fingerprint density at radius 1 is 1.39 bits per heavy atom. The fourth-order valence-corrected chi connectivity index (χ4v) is 2.10. The van der Waals surface area contributed by atoms with Crippen molar-refractivity contribution in [3.63, 3.8) is 0 Å². The lowest BCUT2D eigenvalue weighted by Gasteiger charge is -2.25. The molecule has 0 bridgehead atoms. The predicted octanol–water partition coefficient (Wildman–Crippen LogP) is 2.66. The summed E-state index contributed by atoms with van der Waals surface area (Å²) in [7, 11) is 0. The van der Waals surface area contributed by atoms with Crippen LogP contribution in [0.15, 0.2) is 28.7 Å². The Balaban J connectivity index is 2.47. The summed E-state index contributed by atoms with van der Waals surface area (Å²) >= 11 is 3.37. The largest absolute Gasteiger partial charge is 0.388 e. The summed E-state index contributed by atoms with van der Waals surface area (Å²) < 4.78 is 0.964. The van der Waals surface area contributed by atoms with Crippen LogP contribution in [0.4, 0.5) is 0 Å². The van der Waals surface area contributed by atoms with E-state index in [1.807, 2.05) is 38.1 Å². The Morgan fingerprint density at radius 3 is 2.61 bits per heavy atom. The van der Waals surface area contributed by atoms with Crippen molar-refractivity contribution >= 4 is 21.8 Å². The number of carbonyl (C=O) groups is 1. The minimum absolute atomic E-state index is 0.0616. The summed E-state index contributed by atoms with van der Waals surface area (Å²) in [6.07, 6.45) is 1.62. The Hall–Kier alpha value is -0.870. The van der Waals surface area contributed by atoms with Crippen LogP contribution in [0.25, 0.3) is 0 Å². The molecular formula is C14H20BrNO2. The molecule has 0 atom stereocenters. The summed E-state index contributed by atoms with van der Waals surface area (Å²) in [5.74, 6) is -0.0616. The van der Waals surface area contributed by atoms with Gasteiger partial charge in [0.05, 0.1) is 12.0 Å². The first-order chi connectivity index (χ1) is 8.49. The van der Waals surface area contributed by atoms with Crippen LogP contribution in [-0.4, -0.2) is 23.2 Å². The zero-order chi connectivity index (χ0) is 13.6. The van der Waals surface area contributed by atoms with E-state index in [1.54, 1.807) is 0 Å². The number of nitrogens with one attached hydrogen (secondary N) is 1. The molecular weight excluding hydrogens is 294 g/mol. The molecule has 100 valence electrons. The minimum Gasteiger partial charge on any atom is -0.388 e. The number of rotatable bonds is 6. The molecule has 0 fully saturated rings. The predicted molar refractivity (Wildman–Crippen MR) is 76.4 cm³/mol. The van der Waals surface area contributed by atoms with Gasteiger partial charge in [0.2, 0.25) is 5.91 Å². The highest BCUT2D eigenvalue weighted by Crippen LogP contribution is 2.14. The summed E-state index contributed by atoms with van der Waals surface area (Å²) in [5, 5.41) is 12.9. The highest BCUT2D eigenvalue weighted by molar-refractivity contribution is 9.10. The third-order valence-electron chi connectivity index (χ3n) is 3.18. The van der Waals surface area contributed by atoms with Crippen molar-refractivity contribution in [2.24, 2.45) is 0 Å². The number of hydrogen-bond donors (Lipinski definition) is 2. The summed E-state index contributed by atoms with van der Waals surface area (Å²) in [5.41, 5.74) is 0.172. The van der Waals surface area contributed by atoms with Crippen molar-refractivity contribution in [2.45, 2.75) is 38.7 Å². The molecule has 1 rings (SSSR count). The molecule has 4 heteroatoms. The molecule has 0 aliphatic carbocycles. The molecule has 18 heavy (non-hydrogen) atoms. The molecule has 3 nitrogen and oxygen atoms in total. The second-order valence-corrected chi connectivity index (χ2v) is 5.43.